The van der Waals surface area contributed by atoms with Gasteiger partial charge in [0.1, 0.15) is 11.4 Å². The number of carbonyl (C=O) groups is 1. The topological polar surface area (TPSA) is 41.6 Å². The molecule has 1 N–H and O–H groups in total. The van der Waals surface area contributed by atoms with Crippen LogP contribution in [0.25, 0.3) is 0 Å². The fourth-order valence-electron chi connectivity index (χ4n) is 3.74. The maximum absolute atomic E-state index is 13.3. The third kappa shape index (κ3) is 3.53. The van der Waals surface area contributed by atoms with Crippen molar-refractivity contribution in [2.75, 3.05) is 11.9 Å². The lowest BCUT2D eigenvalue weighted by molar-refractivity contribution is 0.0483. The third-order valence-corrected chi connectivity index (χ3v) is 5.41. The summed E-state index contributed by atoms with van der Waals surface area (Å²) in [6, 6.07) is 16.0. The fourth-order valence-corrected chi connectivity index (χ4v) is 3.74. The van der Waals surface area contributed by atoms with Crippen LogP contribution in [0.5, 0.6) is 5.75 Å². The highest BCUT2D eigenvalue weighted by Crippen LogP contribution is 2.40. The standard InChI is InChI=1S/C23H30N2O2/c1-5-16-25-22(26)20-10-8-9-11-21(20)24-23(25,7-3)18-12-14-19(15-13-18)27-17(4)6-2/h8-15,17,24H,5-7,16H2,1-4H3. The van der Waals surface area contributed by atoms with Gasteiger partial charge in [0.25, 0.3) is 5.91 Å². The number of rotatable bonds is 7. The Kier molecular flexibility index (Phi) is 5.73. The van der Waals surface area contributed by atoms with Crippen LogP contribution in [0.3, 0.4) is 0 Å². The van der Waals surface area contributed by atoms with Gasteiger partial charge < -0.3 is 15.0 Å². The van der Waals surface area contributed by atoms with Gasteiger partial charge in [-0.2, -0.15) is 0 Å². The van der Waals surface area contributed by atoms with Gasteiger partial charge >= 0.3 is 0 Å². The molecule has 144 valence electrons. The predicted octanol–water partition coefficient (Wildman–Crippen LogP) is 5.40. The summed E-state index contributed by atoms with van der Waals surface area (Å²) in [7, 11) is 0. The Labute approximate surface area is 162 Å². The Bertz CT molecular complexity index is 787. The zero-order valence-electron chi connectivity index (χ0n) is 16.8. The average molecular weight is 367 g/mol. The maximum Gasteiger partial charge on any atom is 0.258 e. The van der Waals surface area contributed by atoms with E-state index in [2.05, 4.69) is 45.1 Å². The molecule has 27 heavy (non-hydrogen) atoms. The lowest BCUT2D eigenvalue weighted by atomic mass is 9.89. The van der Waals surface area contributed by atoms with Gasteiger partial charge in [0, 0.05) is 12.2 Å². The highest BCUT2D eigenvalue weighted by molar-refractivity contribution is 6.02. The van der Waals surface area contributed by atoms with Crippen molar-refractivity contribution < 1.29 is 9.53 Å². The van der Waals surface area contributed by atoms with Gasteiger partial charge in [0.2, 0.25) is 0 Å². The van der Waals surface area contributed by atoms with E-state index >= 15 is 0 Å². The number of nitrogens with zero attached hydrogens (tertiary/aromatic N) is 1. The molecule has 2 unspecified atom stereocenters. The molecule has 0 fully saturated rings. The zero-order chi connectivity index (χ0) is 19.4. The van der Waals surface area contributed by atoms with E-state index in [4.69, 9.17) is 4.74 Å². The van der Waals surface area contributed by atoms with Crippen LogP contribution in [0.15, 0.2) is 48.5 Å². The van der Waals surface area contributed by atoms with Gasteiger partial charge in [-0.15, -0.1) is 0 Å². The van der Waals surface area contributed by atoms with Crippen molar-refractivity contribution in [1.82, 2.24) is 4.90 Å². The van der Waals surface area contributed by atoms with Crippen LogP contribution in [0.2, 0.25) is 0 Å². The van der Waals surface area contributed by atoms with Gasteiger partial charge in [-0.05, 0) is 56.0 Å². The molecule has 1 aliphatic rings. The van der Waals surface area contributed by atoms with Gasteiger partial charge in [-0.1, -0.05) is 45.0 Å². The van der Waals surface area contributed by atoms with Crippen LogP contribution in [-0.2, 0) is 5.66 Å². The Hall–Kier alpha value is -2.49. The first-order valence-corrected chi connectivity index (χ1v) is 10.0. The molecule has 2 atom stereocenters. The number of amides is 1. The molecule has 0 aliphatic carbocycles. The summed E-state index contributed by atoms with van der Waals surface area (Å²) in [6.45, 7) is 9.13. The molecule has 0 bridgehead atoms. The van der Waals surface area contributed by atoms with Gasteiger partial charge in [0.15, 0.2) is 0 Å². The molecule has 0 saturated carbocycles. The molecule has 0 aromatic heterocycles. The van der Waals surface area contributed by atoms with Gasteiger partial charge in [0.05, 0.1) is 11.7 Å². The summed E-state index contributed by atoms with van der Waals surface area (Å²) >= 11 is 0. The van der Waals surface area contributed by atoms with E-state index in [1.54, 1.807) is 0 Å². The van der Waals surface area contributed by atoms with Crippen molar-refractivity contribution in [3.63, 3.8) is 0 Å². The quantitative estimate of drug-likeness (QED) is 0.713. The number of anilines is 1. The van der Waals surface area contributed by atoms with E-state index in [1.807, 2.05) is 41.3 Å². The number of ether oxygens (including phenoxy) is 1. The summed E-state index contributed by atoms with van der Waals surface area (Å²) in [5.74, 6) is 0.955. The average Bonchev–Trinajstić information content (AvgIpc) is 2.70. The molecule has 4 nitrogen and oxygen atoms in total. The summed E-state index contributed by atoms with van der Waals surface area (Å²) in [5.41, 5.74) is 2.18. The predicted molar refractivity (Wildman–Crippen MR) is 110 cm³/mol. The van der Waals surface area contributed by atoms with Crippen LogP contribution >= 0.6 is 0 Å². The zero-order valence-corrected chi connectivity index (χ0v) is 16.8. The minimum absolute atomic E-state index is 0.0907. The molecule has 1 amide bonds. The highest BCUT2D eigenvalue weighted by Gasteiger charge is 2.44. The number of hydrogen-bond donors (Lipinski definition) is 1. The van der Waals surface area contributed by atoms with Crippen molar-refractivity contribution in [3.05, 3.63) is 59.7 Å². The lowest BCUT2D eigenvalue weighted by Crippen LogP contribution is -2.57. The number of benzene rings is 2. The van der Waals surface area contributed by atoms with Crippen molar-refractivity contribution in [2.45, 2.75) is 58.7 Å². The molecule has 3 rings (SSSR count). The number of carbonyl (C=O) groups excluding carboxylic acids is 1. The SMILES string of the molecule is CCCN1C(=O)c2ccccc2NC1(CC)c1ccc(OC(C)CC)cc1. The first kappa shape index (κ1) is 19.3. The van der Waals surface area contributed by atoms with Crippen LogP contribution in [-0.4, -0.2) is 23.5 Å². The van der Waals surface area contributed by atoms with Crippen LogP contribution < -0.4 is 10.1 Å². The van der Waals surface area contributed by atoms with E-state index in [1.165, 1.54) is 0 Å². The highest BCUT2D eigenvalue weighted by atomic mass is 16.5. The summed E-state index contributed by atoms with van der Waals surface area (Å²) in [4.78, 5) is 15.3. The van der Waals surface area contributed by atoms with Crippen molar-refractivity contribution in [1.29, 1.82) is 0 Å². The van der Waals surface area contributed by atoms with Crippen molar-refractivity contribution in [2.24, 2.45) is 0 Å². The van der Waals surface area contributed by atoms with E-state index in [0.717, 1.165) is 41.8 Å². The second kappa shape index (κ2) is 8.03. The molecule has 1 heterocycles. The smallest absolute Gasteiger partial charge is 0.258 e. The summed E-state index contributed by atoms with van der Waals surface area (Å²) < 4.78 is 5.92. The summed E-state index contributed by atoms with van der Waals surface area (Å²) in [6.07, 6.45) is 2.84. The normalized spacial score (nSPS) is 20.0. The largest absolute Gasteiger partial charge is 0.491 e. The minimum atomic E-state index is -0.545. The first-order chi connectivity index (χ1) is 13.1. The monoisotopic (exact) mass is 366 g/mol. The minimum Gasteiger partial charge on any atom is -0.491 e. The molecule has 0 radical (unpaired) electrons. The third-order valence-electron chi connectivity index (χ3n) is 5.41. The molecule has 2 aromatic rings. The second-order valence-electron chi connectivity index (χ2n) is 7.20. The second-order valence-corrected chi connectivity index (χ2v) is 7.20. The fraction of sp³-hybridized carbons (Fsp3) is 0.435. The summed E-state index contributed by atoms with van der Waals surface area (Å²) in [5, 5.41) is 3.68. The molecule has 2 aromatic carbocycles. The molecule has 1 aliphatic heterocycles. The van der Waals surface area contributed by atoms with E-state index in [-0.39, 0.29) is 12.0 Å². The molecule has 0 saturated heterocycles. The van der Waals surface area contributed by atoms with Crippen LogP contribution in [0.1, 0.15) is 62.9 Å². The molecule has 4 heteroatoms. The molecular weight excluding hydrogens is 336 g/mol. The first-order valence-electron chi connectivity index (χ1n) is 10.0. The lowest BCUT2D eigenvalue weighted by Gasteiger charge is -2.48. The Balaban J connectivity index is 2.02. The van der Waals surface area contributed by atoms with Crippen molar-refractivity contribution >= 4 is 11.6 Å². The van der Waals surface area contributed by atoms with E-state index in [0.29, 0.717) is 6.54 Å². The number of nitrogens with one attached hydrogen (secondary N) is 1. The van der Waals surface area contributed by atoms with Crippen LogP contribution in [0.4, 0.5) is 5.69 Å². The molecule has 0 spiro atoms. The number of para-hydroxylation sites is 1. The van der Waals surface area contributed by atoms with Crippen molar-refractivity contribution in [3.8, 4) is 5.75 Å². The Morgan fingerprint density at radius 3 is 2.41 bits per heavy atom. The maximum atomic E-state index is 13.3. The Morgan fingerprint density at radius 1 is 1.07 bits per heavy atom. The molecular formula is C23H30N2O2. The van der Waals surface area contributed by atoms with Crippen LogP contribution in [0, 0.1) is 0 Å². The van der Waals surface area contributed by atoms with E-state index in [9.17, 15) is 4.79 Å². The van der Waals surface area contributed by atoms with Gasteiger partial charge in [-0.3, -0.25) is 4.79 Å². The van der Waals surface area contributed by atoms with E-state index < -0.39 is 5.66 Å². The Morgan fingerprint density at radius 2 is 1.78 bits per heavy atom. The number of hydrogen-bond acceptors (Lipinski definition) is 3. The number of fused-ring (bicyclic) bond motifs is 1. The van der Waals surface area contributed by atoms with Gasteiger partial charge in [-0.25, -0.2) is 0 Å².